The molecule has 1 aliphatic rings. The molecule has 0 aliphatic heterocycles. The summed E-state index contributed by atoms with van der Waals surface area (Å²) in [6, 6.07) is 17.5. The SMILES string of the molecule is O=C(Nc1ccc(-c2ccc(C(=O)C3CCCC3C(=O)O)cc2)nc1)c1nc(-c2ccccc2)oc1C(F)(F)F. The molecule has 5 rings (SSSR count). The maximum atomic E-state index is 13.6. The first kappa shape index (κ1) is 26.8. The van der Waals surface area contributed by atoms with Gasteiger partial charge in [-0.3, -0.25) is 19.4 Å². The summed E-state index contributed by atoms with van der Waals surface area (Å²) in [4.78, 5) is 45.1. The molecule has 1 saturated carbocycles. The first-order valence-electron chi connectivity index (χ1n) is 12.4. The van der Waals surface area contributed by atoms with Crippen LogP contribution in [-0.2, 0) is 11.0 Å². The lowest BCUT2D eigenvalue weighted by atomic mass is 9.88. The zero-order valence-corrected chi connectivity index (χ0v) is 20.8. The van der Waals surface area contributed by atoms with Crippen molar-refractivity contribution in [1.29, 1.82) is 0 Å². The summed E-state index contributed by atoms with van der Waals surface area (Å²) in [6.45, 7) is 0. The third-order valence-electron chi connectivity index (χ3n) is 6.78. The molecule has 0 spiro atoms. The number of pyridine rings is 1. The second kappa shape index (κ2) is 10.8. The molecule has 2 heterocycles. The van der Waals surface area contributed by atoms with Crippen LogP contribution in [0.25, 0.3) is 22.7 Å². The zero-order chi connectivity index (χ0) is 28.4. The molecular weight excluding hydrogens is 527 g/mol. The van der Waals surface area contributed by atoms with Crippen LogP contribution < -0.4 is 5.32 Å². The van der Waals surface area contributed by atoms with Gasteiger partial charge in [-0.15, -0.1) is 0 Å². The number of rotatable bonds is 7. The van der Waals surface area contributed by atoms with Crippen LogP contribution in [0, 0.1) is 11.8 Å². The summed E-state index contributed by atoms with van der Waals surface area (Å²) < 4.78 is 45.6. The standard InChI is InChI=1S/C29H22F3N3O5/c30-29(31,32)25-23(35-27(40-25)18-5-2-1-3-6-18)26(37)34-19-13-14-22(33-15-19)16-9-11-17(12-10-16)24(36)20-7-4-8-21(20)28(38)39/h1-3,5-6,9-15,20-21H,4,7-8H2,(H,34,37)(H,38,39). The Morgan fingerprint density at radius 2 is 1.60 bits per heavy atom. The predicted octanol–water partition coefficient (Wildman–Crippen LogP) is 6.36. The number of nitrogens with one attached hydrogen (secondary N) is 1. The van der Waals surface area contributed by atoms with E-state index >= 15 is 0 Å². The third-order valence-corrected chi connectivity index (χ3v) is 6.78. The van der Waals surface area contributed by atoms with Crippen molar-refractivity contribution in [1.82, 2.24) is 9.97 Å². The van der Waals surface area contributed by atoms with Gasteiger partial charge in [0.2, 0.25) is 11.7 Å². The maximum Gasteiger partial charge on any atom is 0.452 e. The minimum atomic E-state index is -4.94. The Bertz CT molecular complexity index is 1550. The molecular formula is C29H22F3N3O5. The quantitative estimate of drug-likeness (QED) is 0.257. The number of Topliss-reactive ketones (excluding diaryl/α,β-unsaturated/α-hetero) is 1. The molecule has 2 N–H and O–H groups in total. The van der Waals surface area contributed by atoms with E-state index in [1.807, 2.05) is 0 Å². The molecule has 204 valence electrons. The van der Waals surface area contributed by atoms with E-state index < -0.39 is 41.3 Å². The van der Waals surface area contributed by atoms with E-state index in [4.69, 9.17) is 4.42 Å². The number of carbonyl (C=O) groups excluding carboxylic acids is 2. The van der Waals surface area contributed by atoms with E-state index in [-0.39, 0.29) is 22.9 Å². The zero-order valence-electron chi connectivity index (χ0n) is 20.8. The molecule has 4 aromatic rings. The number of oxazole rings is 1. The summed E-state index contributed by atoms with van der Waals surface area (Å²) in [7, 11) is 0. The number of carbonyl (C=O) groups is 3. The van der Waals surface area contributed by atoms with E-state index in [9.17, 15) is 32.7 Å². The van der Waals surface area contributed by atoms with Crippen LogP contribution in [-0.4, -0.2) is 32.7 Å². The number of ketones is 1. The molecule has 11 heteroatoms. The second-order valence-electron chi connectivity index (χ2n) is 9.37. The molecule has 2 aromatic carbocycles. The highest BCUT2D eigenvalue weighted by atomic mass is 19.4. The Morgan fingerprint density at radius 1 is 0.900 bits per heavy atom. The topological polar surface area (TPSA) is 122 Å². The fourth-order valence-electron chi connectivity index (χ4n) is 4.79. The Kier molecular flexibility index (Phi) is 7.20. The molecule has 8 nitrogen and oxygen atoms in total. The van der Waals surface area contributed by atoms with Gasteiger partial charge in [0.05, 0.1) is 23.5 Å². The van der Waals surface area contributed by atoms with Crippen LogP contribution in [0.2, 0.25) is 0 Å². The predicted molar refractivity (Wildman–Crippen MR) is 137 cm³/mol. The molecule has 1 amide bonds. The second-order valence-corrected chi connectivity index (χ2v) is 9.37. The van der Waals surface area contributed by atoms with Crippen LogP contribution >= 0.6 is 0 Å². The number of amides is 1. The minimum Gasteiger partial charge on any atom is -0.481 e. The average molecular weight is 550 g/mol. The lowest BCUT2D eigenvalue weighted by molar-refractivity contribution is -0.153. The number of aromatic nitrogens is 2. The first-order chi connectivity index (χ1) is 19.1. The molecule has 0 radical (unpaired) electrons. The van der Waals surface area contributed by atoms with E-state index in [0.717, 1.165) is 0 Å². The van der Waals surface area contributed by atoms with Crippen molar-refractivity contribution in [3.05, 3.63) is 89.9 Å². The van der Waals surface area contributed by atoms with Gasteiger partial charge in [-0.25, -0.2) is 4.98 Å². The summed E-state index contributed by atoms with van der Waals surface area (Å²) in [5, 5.41) is 11.7. The van der Waals surface area contributed by atoms with Crippen LogP contribution in [0.1, 0.15) is 45.9 Å². The van der Waals surface area contributed by atoms with Crippen molar-refractivity contribution in [2.75, 3.05) is 5.32 Å². The van der Waals surface area contributed by atoms with Gasteiger partial charge < -0.3 is 14.8 Å². The lowest BCUT2D eigenvalue weighted by Gasteiger charge is -2.14. The number of halogens is 3. The monoisotopic (exact) mass is 549 g/mol. The average Bonchev–Trinajstić information content (AvgIpc) is 3.62. The van der Waals surface area contributed by atoms with Gasteiger partial charge in [0.15, 0.2) is 11.5 Å². The number of alkyl halides is 3. The highest BCUT2D eigenvalue weighted by Crippen LogP contribution is 2.36. The number of hydrogen-bond acceptors (Lipinski definition) is 6. The van der Waals surface area contributed by atoms with Gasteiger partial charge in [0, 0.05) is 22.6 Å². The number of carboxylic acids is 1. The van der Waals surface area contributed by atoms with E-state index in [1.165, 1.54) is 24.4 Å². The van der Waals surface area contributed by atoms with Crippen molar-refractivity contribution in [3.8, 4) is 22.7 Å². The van der Waals surface area contributed by atoms with Gasteiger partial charge >= 0.3 is 12.1 Å². The highest BCUT2D eigenvalue weighted by molar-refractivity contribution is 6.04. The normalized spacial score (nSPS) is 17.0. The lowest BCUT2D eigenvalue weighted by Crippen LogP contribution is -2.25. The van der Waals surface area contributed by atoms with Gasteiger partial charge in [-0.05, 0) is 37.1 Å². The smallest absolute Gasteiger partial charge is 0.452 e. The molecule has 40 heavy (non-hydrogen) atoms. The number of aliphatic carboxylic acids is 1. The van der Waals surface area contributed by atoms with Gasteiger partial charge in [0.1, 0.15) is 0 Å². The Hall–Kier alpha value is -4.80. The fourth-order valence-corrected chi connectivity index (χ4v) is 4.79. The molecule has 1 fully saturated rings. The summed E-state index contributed by atoms with van der Waals surface area (Å²) in [5.74, 6) is -5.33. The van der Waals surface area contributed by atoms with Crippen molar-refractivity contribution in [2.24, 2.45) is 11.8 Å². The van der Waals surface area contributed by atoms with Crippen LogP contribution in [0.3, 0.4) is 0 Å². The number of carboxylic acid groups (broad SMARTS) is 1. The number of nitrogens with zero attached hydrogens (tertiary/aromatic N) is 2. The summed E-state index contributed by atoms with van der Waals surface area (Å²) in [5.41, 5.74) is 1.08. The molecule has 0 bridgehead atoms. The minimum absolute atomic E-state index is 0.138. The largest absolute Gasteiger partial charge is 0.481 e. The highest BCUT2D eigenvalue weighted by Gasteiger charge is 2.42. The van der Waals surface area contributed by atoms with Gasteiger partial charge in [0.25, 0.3) is 5.91 Å². The van der Waals surface area contributed by atoms with Crippen molar-refractivity contribution >= 4 is 23.3 Å². The summed E-state index contributed by atoms with van der Waals surface area (Å²) in [6.07, 6.45) is -1.93. The van der Waals surface area contributed by atoms with Crippen molar-refractivity contribution in [3.63, 3.8) is 0 Å². The maximum absolute atomic E-state index is 13.6. The molecule has 2 atom stereocenters. The molecule has 2 unspecified atom stereocenters. The Labute approximate surface area is 225 Å². The number of hydrogen-bond donors (Lipinski definition) is 2. The van der Waals surface area contributed by atoms with E-state index in [2.05, 4.69) is 15.3 Å². The molecule has 1 aliphatic carbocycles. The van der Waals surface area contributed by atoms with Crippen LogP contribution in [0.5, 0.6) is 0 Å². The first-order valence-corrected chi connectivity index (χ1v) is 12.4. The summed E-state index contributed by atoms with van der Waals surface area (Å²) >= 11 is 0. The molecule has 0 saturated heterocycles. The van der Waals surface area contributed by atoms with Crippen LogP contribution in [0.4, 0.5) is 18.9 Å². The molecule has 2 aromatic heterocycles. The number of benzene rings is 2. The van der Waals surface area contributed by atoms with E-state index in [1.54, 1.807) is 48.5 Å². The Balaban J connectivity index is 1.30. The third kappa shape index (κ3) is 5.49. The van der Waals surface area contributed by atoms with Crippen molar-refractivity contribution < 1.29 is 37.1 Å². The van der Waals surface area contributed by atoms with Gasteiger partial charge in [-0.2, -0.15) is 13.2 Å². The van der Waals surface area contributed by atoms with E-state index in [0.29, 0.717) is 36.1 Å². The fraction of sp³-hybridized carbons (Fsp3) is 0.207. The van der Waals surface area contributed by atoms with Gasteiger partial charge in [-0.1, -0.05) is 48.9 Å². The van der Waals surface area contributed by atoms with Crippen molar-refractivity contribution in [2.45, 2.75) is 25.4 Å². The number of anilines is 1. The Morgan fingerprint density at radius 3 is 2.23 bits per heavy atom. The van der Waals surface area contributed by atoms with Crippen LogP contribution in [0.15, 0.2) is 77.3 Å².